The summed E-state index contributed by atoms with van der Waals surface area (Å²) in [4.78, 5) is 0. The third kappa shape index (κ3) is 1.65. The number of hydrogen-bond acceptors (Lipinski definition) is 1. The Bertz CT molecular complexity index is 191. The molecule has 0 aromatic heterocycles. The largest absolute Gasteiger partial charge is 0.371 e. The number of hydrogen-bond donors (Lipinski definition) is 0. The predicted octanol–water partition coefficient (Wildman–Crippen LogP) is 3.41. The summed E-state index contributed by atoms with van der Waals surface area (Å²) >= 11 is 2.45. The summed E-state index contributed by atoms with van der Waals surface area (Å²) in [7, 11) is 0. The lowest BCUT2D eigenvalue weighted by molar-refractivity contribution is -0.216. The van der Waals surface area contributed by atoms with E-state index in [0.717, 1.165) is 11.8 Å². The van der Waals surface area contributed by atoms with Gasteiger partial charge in [0.15, 0.2) is 0 Å². The second kappa shape index (κ2) is 3.69. The van der Waals surface area contributed by atoms with Gasteiger partial charge in [-0.05, 0) is 37.5 Å². The molecule has 13 heavy (non-hydrogen) atoms. The lowest BCUT2D eigenvalue weighted by Crippen LogP contribution is -2.57. The monoisotopic (exact) mass is 294 g/mol. The highest BCUT2D eigenvalue weighted by atomic mass is 127. The van der Waals surface area contributed by atoms with Crippen molar-refractivity contribution in [3.8, 4) is 0 Å². The minimum atomic E-state index is 0.299. The van der Waals surface area contributed by atoms with Crippen LogP contribution in [0.25, 0.3) is 0 Å². The van der Waals surface area contributed by atoms with E-state index in [1.54, 1.807) is 0 Å². The first kappa shape index (κ1) is 10.2. The zero-order chi connectivity index (χ0) is 9.47. The van der Waals surface area contributed by atoms with Crippen LogP contribution in [-0.4, -0.2) is 16.1 Å². The Morgan fingerprint density at radius 3 is 2.77 bits per heavy atom. The molecule has 0 radical (unpaired) electrons. The highest BCUT2D eigenvalue weighted by molar-refractivity contribution is 14.1. The summed E-state index contributed by atoms with van der Waals surface area (Å²) in [6.45, 7) is 4.72. The molecule has 4 atom stereocenters. The minimum absolute atomic E-state index is 0.299. The minimum Gasteiger partial charge on any atom is -0.371 e. The van der Waals surface area contributed by atoms with Gasteiger partial charge >= 0.3 is 0 Å². The maximum atomic E-state index is 6.23. The molecule has 1 nitrogen and oxygen atoms in total. The van der Waals surface area contributed by atoms with Gasteiger partial charge in [0, 0.05) is 4.43 Å². The molecule has 0 aromatic rings. The van der Waals surface area contributed by atoms with Gasteiger partial charge in [-0.25, -0.2) is 0 Å². The third-order valence-electron chi connectivity index (χ3n) is 4.05. The molecule has 1 spiro atoms. The smallest absolute Gasteiger partial charge is 0.0717 e. The van der Waals surface area contributed by atoms with Gasteiger partial charge in [-0.1, -0.05) is 36.4 Å². The molecule has 1 aliphatic carbocycles. The molecule has 1 aliphatic heterocycles. The van der Waals surface area contributed by atoms with E-state index in [4.69, 9.17) is 4.74 Å². The van der Waals surface area contributed by atoms with E-state index in [1.807, 2.05) is 0 Å². The fourth-order valence-electron chi connectivity index (χ4n) is 2.94. The Morgan fingerprint density at radius 1 is 1.46 bits per heavy atom. The highest BCUT2D eigenvalue weighted by Gasteiger charge is 2.52. The van der Waals surface area contributed by atoms with Crippen molar-refractivity contribution in [3.05, 3.63) is 0 Å². The molecule has 2 heteroatoms. The van der Waals surface area contributed by atoms with E-state index in [1.165, 1.54) is 30.1 Å². The maximum absolute atomic E-state index is 6.23. The van der Waals surface area contributed by atoms with Crippen LogP contribution in [0.3, 0.4) is 0 Å². The SMILES string of the molecule is CC1CC2(CCCC(CI)O2)C1C. The lowest BCUT2D eigenvalue weighted by atomic mass is 9.60. The van der Waals surface area contributed by atoms with E-state index in [-0.39, 0.29) is 0 Å². The van der Waals surface area contributed by atoms with Gasteiger partial charge in [0.25, 0.3) is 0 Å². The molecular formula is C11H19IO. The van der Waals surface area contributed by atoms with Crippen molar-refractivity contribution in [2.45, 2.75) is 51.2 Å². The van der Waals surface area contributed by atoms with Crippen LogP contribution in [-0.2, 0) is 4.74 Å². The summed E-state index contributed by atoms with van der Waals surface area (Å²) in [5, 5.41) is 0. The Kier molecular flexibility index (Phi) is 2.90. The molecule has 0 amide bonds. The Hall–Kier alpha value is 0.690. The Morgan fingerprint density at radius 2 is 2.23 bits per heavy atom. The normalized spacial score (nSPS) is 50.5. The number of halogens is 1. The van der Waals surface area contributed by atoms with Gasteiger partial charge in [-0.15, -0.1) is 0 Å². The van der Waals surface area contributed by atoms with Crippen molar-refractivity contribution in [2.24, 2.45) is 11.8 Å². The van der Waals surface area contributed by atoms with Crippen molar-refractivity contribution >= 4 is 22.6 Å². The van der Waals surface area contributed by atoms with Crippen molar-refractivity contribution < 1.29 is 4.74 Å². The molecular weight excluding hydrogens is 275 g/mol. The number of alkyl halides is 1. The molecule has 0 aromatic carbocycles. The van der Waals surface area contributed by atoms with Gasteiger partial charge in [0.05, 0.1) is 11.7 Å². The van der Waals surface area contributed by atoms with E-state index in [0.29, 0.717) is 11.7 Å². The third-order valence-corrected chi connectivity index (χ3v) is 5.03. The second-order valence-electron chi connectivity index (χ2n) is 4.82. The zero-order valence-corrected chi connectivity index (χ0v) is 10.7. The van der Waals surface area contributed by atoms with Crippen molar-refractivity contribution in [3.63, 3.8) is 0 Å². The van der Waals surface area contributed by atoms with Gasteiger partial charge in [0.2, 0.25) is 0 Å². The van der Waals surface area contributed by atoms with E-state index < -0.39 is 0 Å². The summed E-state index contributed by atoms with van der Waals surface area (Å²) < 4.78 is 7.40. The van der Waals surface area contributed by atoms with Crippen LogP contribution in [0.15, 0.2) is 0 Å². The molecule has 2 rings (SSSR count). The van der Waals surface area contributed by atoms with Crippen molar-refractivity contribution in [1.29, 1.82) is 0 Å². The number of ether oxygens (including phenoxy) is 1. The zero-order valence-electron chi connectivity index (χ0n) is 8.55. The summed E-state index contributed by atoms with van der Waals surface area (Å²) in [6, 6.07) is 0. The van der Waals surface area contributed by atoms with Crippen LogP contribution in [0.4, 0.5) is 0 Å². The topological polar surface area (TPSA) is 9.23 Å². The molecule has 0 N–H and O–H groups in total. The van der Waals surface area contributed by atoms with Crippen LogP contribution in [0.5, 0.6) is 0 Å². The van der Waals surface area contributed by atoms with Crippen LogP contribution in [0.1, 0.15) is 39.5 Å². The van der Waals surface area contributed by atoms with E-state index in [2.05, 4.69) is 36.4 Å². The first-order chi connectivity index (χ1) is 6.18. The first-order valence-corrected chi connectivity index (χ1v) is 6.94. The van der Waals surface area contributed by atoms with E-state index in [9.17, 15) is 0 Å². The molecule has 0 bridgehead atoms. The van der Waals surface area contributed by atoms with Crippen molar-refractivity contribution in [2.75, 3.05) is 4.43 Å². The first-order valence-electron chi connectivity index (χ1n) is 5.42. The average molecular weight is 294 g/mol. The lowest BCUT2D eigenvalue weighted by Gasteiger charge is -2.56. The fourth-order valence-corrected chi connectivity index (χ4v) is 3.56. The van der Waals surface area contributed by atoms with Gasteiger partial charge in [-0.2, -0.15) is 0 Å². The van der Waals surface area contributed by atoms with Gasteiger partial charge in [-0.3, -0.25) is 0 Å². The van der Waals surface area contributed by atoms with Crippen molar-refractivity contribution in [1.82, 2.24) is 0 Å². The number of rotatable bonds is 1. The summed E-state index contributed by atoms with van der Waals surface area (Å²) in [5.74, 6) is 1.67. The quantitative estimate of drug-likeness (QED) is 0.532. The molecule has 1 saturated carbocycles. The molecule has 2 fully saturated rings. The molecule has 4 unspecified atom stereocenters. The van der Waals surface area contributed by atoms with Crippen LogP contribution >= 0.6 is 22.6 Å². The van der Waals surface area contributed by atoms with Gasteiger partial charge in [0.1, 0.15) is 0 Å². The van der Waals surface area contributed by atoms with Gasteiger partial charge < -0.3 is 4.74 Å². The molecule has 76 valence electrons. The standard InChI is InChI=1S/C11H19IO/c1-8-6-11(9(8)2)5-3-4-10(7-12)13-11/h8-10H,3-7H2,1-2H3. The highest BCUT2D eigenvalue weighted by Crippen LogP contribution is 2.52. The Balaban J connectivity index is 1.99. The molecule has 2 aliphatic rings. The van der Waals surface area contributed by atoms with E-state index >= 15 is 0 Å². The molecule has 1 saturated heterocycles. The average Bonchev–Trinajstić information content (AvgIpc) is 2.18. The van der Waals surface area contributed by atoms with Crippen LogP contribution in [0.2, 0.25) is 0 Å². The molecule has 1 heterocycles. The maximum Gasteiger partial charge on any atom is 0.0717 e. The summed E-state index contributed by atoms with van der Waals surface area (Å²) in [5.41, 5.74) is 0.299. The summed E-state index contributed by atoms with van der Waals surface area (Å²) in [6.07, 6.45) is 5.83. The van der Waals surface area contributed by atoms with Crippen LogP contribution < -0.4 is 0 Å². The fraction of sp³-hybridized carbons (Fsp3) is 1.00. The second-order valence-corrected chi connectivity index (χ2v) is 5.70. The predicted molar refractivity (Wildman–Crippen MR) is 63.3 cm³/mol. The van der Waals surface area contributed by atoms with Crippen LogP contribution in [0, 0.1) is 11.8 Å². The Labute approximate surface area is 94.8 Å².